The van der Waals surface area contributed by atoms with Gasteiger partial charge in [-0.25, -0.2) is 0 Å². The van der Waals surface area contributed by atoms with Gasteiger partial charge in [-0.1, -0.05) is 18.2 Å². The lowest BCUT2D eigenvalue weighted by molar-refractivity contribution is 0.118. The number of benzene rings is 1. The number of ether oxygens (including phenoxy) is 2. The molecule has 4 heteroatoms. The summed E-state index contributed by atoms with van der Waals surface area (Å²) >= 11 is 0. The summed E-state index contributed by atoms with van der Waals surface area (Å²) < 4.78 is 11.2. The Hall–Kier alpha value is -1.10. The van der Waals surface area contributed by atoms with E-state index in [0.717, 1.165) is 32.1 Å². The van der Waals surface area contributed by atoms with Crippen LogP contribution in [0.25, 0.3) is 0 Å². The van der Waals surface area contributed by atoms with Crippen LogP contribution in [0.4, 0.5) is 0 Å². The molecule has 20 heavy (non-hydrogen) atoms. The Labute approximate surface area is 123 Å². The van der Waals surface area contributed by atoms with Gasteiger partial charge < -0.3 is 19.7 Å². The van der Waals surface area contributed by atoms with Crippen LogP contribution in [0.1, 0.15) is 25.5 Å². The smallest absolute Gasteiger partial charge is 0.124 e. The van der Waals surface area contributed by atoms with Crippen LogP contribution in [0, 0.1) is 0 Å². The Morgan fingerprint density at radius 2 is 1.95 bits per heavy atom. The molecule has 114 valence electrons. The van der Waals surface area contributed by atoms with Crippen LogP contribution in [-0.2, 0) is 4.74 Å². The minimum atomic E-state index is 0.259. The lowest BCUT2D eigenvalue weighted by Crippen LogP contribution is -2.25. The molecule has 1 aromatic rings. The monoisotopic (exact) mass is 280 g/mol. The fourth-order valence-corrected chi connectivity index (χ4v) is 1.93. The van der Waals surface area contributed by atoms with Crippen LogP contribution in [0.15, 0.2) is 24.3 Å². The highest BCUT2D eigenvalue weighted by molar-refractivity contribution is 5.35. The molecule has 1 atom stereocenters. The van der Waals surface area contributed by atoms with Gasteiger partial charge in [0.15, 0.2) is 0 Å². The van der Waals surface area contributed by atoms with Crippen molar-refractivity contribution in [2.75, 3.05) is 47.0 Å². The van der Waals surface area contributed by atoms with E-state index in [1.165, 1.54) is 5.56 Å². The van der Waals surface area contributed by atoms with E-state index >= 15 is 0 Å². The molecule has 1 N–H and O–H groups in total. The third-order valence-corrected chi connectivity index (χ3v) is 3.07. The van der Waals surface area contributed by atoms with E-state index in [9.17, 15) is 0 Å². The molecule has 0 amide bonds. The predicted molar refractivity (Wildman–Crippen MR) is 83.4 cm³/mol. The molecular weight excluding hydrogens is 252 g/mol. The standard InChI is InChI=1S/C16H28N2O2/c1-5-20-16-9-7-6-8-15(16)14(2)17-10-12-19-13-11-18(3)4/h6-9,14,17H,5,10-13H2,1-4H3. The van der Waals surface area contributed by atoms with E-state index in [1.807, 2.05) is 39.2 Å². The first kappa shape index (κ1) is 17.0. The lowest BCUT2D eigenvalue weighted by Gasteiger charge is -2.18. The van der Waals surface area contributed by atoms with E-state index in [1.54, 1.807) is 0 Å². The van der Waals surface area contributed by atoms with Gasteiger partial charge in [-0.2, -0.15) is 0 Å². The summed E-state index contributed by atoms with van der Waals surface area (Å²) in [5.41, 5.74) is 1.20. The van der Waals surface area contributed by atoms with Crippen LogP contribution in [0.5, 0.6) is 5.75 Å². The predicted octanol–water partition coefficient (Wildman–Crippen LogP) is 2.31. The van der Waals surface area contributed by atoms with Gasteiger partial charge in [0.05, 0.1) is 19.8 Å². The van der Waals surface area contributed by atoms with Gasteiger partial charge in [-0.3, -0.25) is 0 Å². The first-order chi connectivity index (χ1) is 9.65. The Morgan fingerprint density at radius 1 is 1.20 bits per heavy atom. The first-order valence-corrected chi connectivity index (χ1v) is 7.32. The number of likely N-dealkylation sites (N-methyl/N-ethyl adjacent to an activating group) is 1. The topological polar surface area (TPSA) is 33.7 Å². The Balaban J connectivity index is 2.30. The molecule has 0 heterocycles. The van der Waals surface area contributed by atoms with Crippen molar-refractivity contribution in [3.05, 3.63) is 29.8 Å². The first-order valence-electron chi connectivity index (χ1n) is 7.32. The van der Waals surface area contributed by atoms with Crippen LogP contribution in [-0.4, -0.2) is 51.9 Å². The number of para-hydroxylation sites is 1. The highest BCUT2D eigenvalue weighted by atomic mass is 16.5. The highest BCUT2D eigenvalue weighted by Crippen LogP contribution is 2.24. The molecular formula is C16H28N2O2. The zero-order valence-corrected chi connectivity index (χ0v) is 13.2. The maximum Gasteiger partial charge on any atom is 0.124 e. The van der Waals surface area contributed by atoms with Gasteiger partial charge in [0, 0.05) is 24.7 Å². The summed E-state index contributed by atoms with van der Waals surface area (Å²) in [6, 6.07) is 8.44. The molecule has 0 saturated carbocycles. The van der Waals surface area contributed by atoms with Crippen molar-refractivity contribution in [1.29, 1.82) is 0 Å². The van der Waals surface area contributed by atoms with Crippen LogP contribution >= 0.6 is 0 Å². The molecule has 1 unspecified atom stereocenters. The minimum Gasteiger partial charge on any atom is -0.494 e. The molecule has 0 fully saturated rings. The van der Waals surface area contributed by atoms with E-state index in [0.29, 0.717) is 6.61 Å². The quantitative estimate of drug-likeness (QED) is 0.667. The summed E-state index contributed by atoms with van der Waals surface area (Å²) in [6.07, 6.45) is 0. The Morgan fingerprint density at radius 3 is 2.65 bits per heavy atom. The van der Waals surface area contributed by atoms with Crippen molar-refractivity contribution in [3.8, 4) is 5.75 Å². The number of nitrogens with zero attached hydrogens (tertiary/aromatic N) is 1. The Bertz CT molecular complexity index is 369. The van der Waals surface area contributed by atoms with Crippen LogP contribution in [0.2, 0.25) is 0 Å². The maximum absolute atomic E-state index is 5.65. The van der Waals surface area contributed by atoms with E-state index in [4.69, 9.17) is 9.47 Å². The third-order valence-electron chi connectivity index (χ3n) is 3.07. The SMILES string of the molecule is CCOc1ccccc1C(C)NCCOCCN(C)C. The van der Waals surface area contributed by atoms with Gasteiger partial charge in [0.2, 0.25) is 0 Å². The van der Waals surface area contributed by atoms with Gasteiger partial charge in [0.1, 0.15) is 5.75 Å². The number of hydrogen-bond acceptors (Lipinski definition) is 4. The lowest BCUT2D eigenvalue weighted by atomic mass is 10.1. The molecule has 0 aliphatic heterocycles. The normalized spacial score (nSPS) is 12.7. The molecule has 0 spiro atoms. The van der Waals surface area contributed by atoms with E-state index in [2.05, 4.69) is 23.2 Å². The summed E-state index contributed by atoms with van der Waals surface area (Å²) in [5.74, 6) is 0.962. The van der Waals surface area contributed by atoms with Crippen LogP contribution in [0.3, 0.4) is 0 Å². The largest absolute Gasteiger partial charge is 0.494 e. The van der Waals surface area contributed by atoms with Crippen molar-refractivity contribution in [3.63, 3.8) is 0 Å². The molecule has 0 aliphatic carbocycles. The third kappa shape index (κ3) is 6.37. The maximum atomic E-state index is 5.65. The zero-order chi connectivity index (χ0) is 14.8. The van der Waals surface area contributed by atoms with Gasteiger partial charge >= 0.3 is 0 Å². The number of nitrogens with one attached hydrogen (secondary N) is 1. The summed E-state index contributed by atoms with van der Waals surface area (Å²) in [4.78, 5) is 2.12. The molecule has 1 aromatic carbocycles. The average Bonchev–Trinajstić information content (AvgIpc) is 2.43. The van der Waals surface area contributed by atoms with Crippen molar-refractivity contribution < 1.29 is 9.47 Å². The second-order valence-electron chi connectivity index (χ2n) is 5.06. The average molecular weight is 280 g/mol. The second kappa shape index (κ2) is 9.75. The van der Waals surface area contributed by atoms with Crippen LogP contribution < -0.4 is 10.1 Å². The molecule has 0 saturated heterocycles. The van der Waals surface area contributed by atoms with Gasteiger partial charge in [0.25, 0.3) is 0 Å². The van der Waals surface area contributed by atoms with E-state index < -0.39 is 0 Å². The molecule has 0 aliphatic rings. The van der Waals surface area contributed by atoms with Gasteiger partial charge in [-0.05, 0) is 34.0 Å². The summed E-state index contributed by atoms with van der Waals surface area (Å²) in [7, 11) is 4.10. The van der Waals surface area contributed by atoms with Crippen molar-refractivity contribution in [1.82, 2.24) is 10.2 Å². The second-order valence-corrected chi connectivity index (χ2v) is 5.06. The molecule has 0 aromatic heterocycles. The molecule has 0 bridgehead atoms. The van der Waals surface area contributed by atoms with Crippen molar-refractivity contribution in [2.45, 2.75) is 19.9 Å². The number of hydrogen-bond donors (Lipinski definition) is 1. The molecule has 1 rings (SSSR count). The van der Waals surface area contributed by atoms with Crippen molar-refractivity contribution >= 4 is 0 Å². The fraction of sp³-hybridized carbons (Fsp3) is 0.625. The fourth-order valence-electron chi connectivity index (χ4n) is 1.93. The number of rotatable bonds is 10. The molecule has 4 nitrogen and oxygen atoms in total. The van der Waals surface area contributed by atoms with Gasteiger partial charge in [-0.15, -0.1) is 0 Å². The van der Waals surface area contributed by atoms with Crippen molar-refractivity contribution in [2.24, 2.45) is 0 Å². The Kier molecular flexibility index (Phi) is 8.26. The zero-order valence-electron chi connectivity index (χ0n) is 13.2. The summed E-state index contributed by atoms with van der Waals surface area (Å²) in [6.45, 7) is 8.16. The van der Waals surface area contributed by atoms with E-state index in [-0.39, 0.29) is 6.04 Å². The molecule has 0 radical (unpaired) electrons. The highest BCUT2D eigenvalue weighted by Gasteiger charge is 2.09. The summed E-state index contributed by atoms with van der Waals surface area (Å²) in [5, 5.41) is 3.47. The minimum absolute atomic E-state index is 0.259.